The van der Waals surface area contributed by atoms with Crippen LogP contribution in [0.2, 0.25) is 48.9 Å². The molecule has 4 rings (SSSR count). The third-order valence-corrected chi connectivity index (χ3v) is 24.7. The quantitative estimate of drug-likeness (QED) is 0.0112. The average Bonchev–Trinajstić information content (AvgIpc) is 3.58. The van der Waals surface area contributed by atoms with E-state index in [1.165, 1.54) is 10.4 Å². The van der Waals surface area contributed by atoms with Crippen molar-refractivity contribution in [3.63, 3.8) is 0 Å². The molecule has 15 heteroatoms. The smallest absolute Gasteiger partial charge is 0.342 e. The van der Waals surface area contributed by atoms with Crippen molar-refractivity contribution in [2.24, 2.45) is 11.0 Å². The van der Waals surface area contributed by atoms with Crippen LogP contribution in [0.15, 0.2) is 90.1 Å². The van der Waals surface area contributed by atoms with Gasteiger partial charge in [0.1, 0.15) is 23.2 Å². The van der Waals surface area contributed by atoms with Crippen LogP contribution in [0, 0.1) is 5.92 Å². The summed E-state index contributed by atoms with van der Waals surface area (Å²) >= 11 is 0. The molecule has 1 unspecified atom stereocenters. The molecule has 0 amide bonds. The molecular formula is C54H85N3O9Si3. The van der Waals surface area contributed by atoms with Crippen LogP contribution in [0.25, 0.3) is 10.4 Å². The molecular weight excluding hydrogens is 919 g/mol. The zero-order valence-electron chi connectivity index (χ0n) is 44.8. The van der Waals surface area contributed by atoms with Gasteiger partial charge in [-0.1, -0.05) is 146 Å². The van der Waals surface area contributed by atoms with Gasteiger partial charge in [0, 0.05) is 38.3 Å². The molecule has 1 saturated heterocycles. The highest BCUT2D eigenvalue weighted by Crippen LogP contribution is 2.42. The number of carbonyl (C=O) groups excluding carboxylic acids is 1. The molecule has 12 nitrogen and oxygen atoms in total. The lowest BCUT2D eigenvalue weighted by atomic mass is 9.96. The van der Waals surface area contributed by atoms with E-state index >= 15 is 0 Å². The first-order chi connectivity index (χ1) is 32.3. The minimum atomic E-state index is -2.82. The Bertz CT molecular complexity index is 2110. The Morgan fingerprint density at radius 3 is 1.97 bits per heavy atom. The van der Waals surface area contributed by atoms with Crippen LogP contribution in [-0.4, -0.2) is 94.5 Å². The van der Waals surface area contributed by atoms with Gasteiger partial charge in [-0.15, -0.1) is 0 Å². The van der Waals surface area contributed by atoms with E-state index in [0.29, 0.717) is 68.1 Å². The van der Waals surface area contributed by atoms with E-state index in [4.69, 9.17) is 42.8 Å². The van der Waals surface area contributed by atoms with Crippen LogP contribution in [0.5, 0.6) is 11.5 Å². The number of benzene rings is 3. The first kappa shape index (κ1) is 57.8. The maximum Gasteiger partial charge on any atom is 0.342 e. The second-order valence-corrected chi connectivity index (χ2v) is 37.3. The fourth-order valence-electron chi connectivity index (χ4n) is 8.44. The van der Waals surface area contributed by atoms with Crippen LogP contribution in [0.3, 0.4) is 0 Å². The van der Waals surface area contributed by atoms with Crippen LogP contribution in [0.1, 0.15) is 104 Å². The summed E-state index contributed by atoms with van der Waals surface area (Å²) in [5.41, 5.74) is 9.83. The highest BCUT2D eigenvalue weighted by atomic mass is 28.4. The van der Waals surface area contributed by atoms with Crippen molar-refractivity contribution in [2.45, 2.75) is 174 Å². The Morgan fingerprint density at radius 1 is 0.812 bits per heavy atom. The molecule has 3 aromatic carbocycles. The van der Waals surface area contributed by atoms with Gasteiger partial charge in [0.15, 0.2) is 20.9 Å². The fraction of sp³-hybridized carbons (Fsp3) is 0.611. The Morgan fingerprint density at radius 2 is 1.42 bits per heavy atom. The number of rotatable bonds is 26. The monoisotopic (exact) mass is 1000 g/mol. The molecule has 0 saturated carbocycles. The molecule has 0 bridgehead atoms. The minimum Gasteiger partial charge on any atom is -0.493 e. The van der Waals surface area contributed by atoms with Crippen LogP contribution >= 0.6 is 0 Å². The lowest BCUT2D eigenvalue weighted by molar-refractivity contribution is -0.152. The summed E-state index contributed by atoms with van der Waals surface area (Å²) in [5.74, 6) is -0.413. The molecule has 382 valence electrons. The van der Waals surface area contributed by atoms with E-state index in [1.54, 1.807) is 13.2 Å². The van der Waals surface area contributed by atoms with Crippen molar-refractivity contribution in [3.8, 4) is 11.5 Å². The van der Waals surface area contributed by atoms with Gasteiger partial charge in [0.05, 0.1) is 25.4 Å². The van der Waals surface area contributed by atoms with E-state index in [2.05, 4.69) is 171 Å². The van der Waals surface area contributed by atoms with Crippen molar-refractivity contribution < 1.29 is 42.1 Å². The van der Waals surface area contributed by atoms with Gasteiger partial charge in [0.2, 0.25) is 0 Å². The zero-order valence-corrected chi connectivity index (χ0v) is 47.8. The molecule has 1 heterocycles. The lowest BCUT2D eigenvalue weighted by Gasteiger charge is -2.45. The largest absolute Gasteiger partial charge is 0.493 e. The van der Waals surface area contributed by atoms with Crippen molar-refractivity contribution >= 4 is 41.1 Å². The second-order valence-electron chi connectivity index (χ2n) is 22.7. The number of esters is 1. The van der Waals surface area contributed by atoms with Gasteiger partial charge in [-0.3, -0.25) is 0 Å². The maximum absolute atomic E-state index is 14.1. The first-order valence-corrected chi connectivity index (χ1v) is 33.4. The Balaban J connectivity index is 1.70. The van der Waals surface area contributed by atoms with Crippen LogP contribution < -0.4 is 19.8 Å². The molecule has 1 aliphatic heterocycles. The highest BCUT2D eigenvalue weighted by molar-refractivity contribution is 6.99. The number of ether oxygens (including phenoxy) is 6. The molecule has 69 heavy (non-hydrogen) atoms. The molecule has 1 fully saturated rings. The molecule has 0 aliphatic carbocycles. The predicted octanol–water partition coefficient (Wildman–Crippen LogP) is 12.6. The standard InChI is InChI=1S/C54H85N3O9Si3/c1-40(41(2)65-69(53(6,7)8,42-25-19-17-20-26-42)43-27-21-18-22-28-43)31-32-48(66-68(15,16)52(3,4)5)50-47(63-54(9,10)64-50)30-23-29-44-45(60-36-24-35-56-57-55)33-34-46(62-39-59-11)49(44)51(58)61-37-38-67(12,13)14/h17-22,25-28,31-34,40-41,47-48,50H,23-24,29-30,35-39H2,1-16H3/b32-31-/t40-,41-,47+,48?,50+/m1/s1. The summed E-state index contributed by atoms with van der Waals surface area (Å²) in [7, 11) is -5.13. The molecule has 0 aromatic heterocycles. The summed E-state index contributed by atoms with van der Waals surface area (Å²) in [6, 6.07) is 25.9. The van der Waals surface area contributed by atoms with Gasteiger partial charge >= 0.3 is 5.97 Å². The van der Waals surface area contributed by atoms with E-state index in [9.17, 15) is 4.79 Å². The number of carbonyl (C=O) groups is 1. The second kappa shape index (κ2) is 25.1. The Labute approximate surface area is 418 Å². The van der Waals surface area contributed by atoms with E-state index in [-0.39, 0.29) is 35.0 Å². The number of hydrogen-bond acceptors (Lipinski definition) is 10. The first-order valence-electron chi connectivity index (χ1n) is 24.9. The molecule has 0 N–H and O–H groups in total. The third-order valence-electron chi connectivity index (χ3n) is 13.4. The summed E-state index contributed by atoms with van der Waals surface area (Å²) in [4.78, 5) is 17.0. The normalized spacial score (nSPS) is 18.1. The maximum atomic E-state index is 14.1. The Hall–Kier alpha value is -3.77. The molecule has 0 spiro atoms. The summed E-state index contributed by atoms with van der Waals surface area (Å²) in [6.07, 6.45) is 5.33. The number of azide groups is 1. The Kier molecular flexibility index (Phi) is 21.0. The number of methoxy groups -OCH3 is 1. The van der Waals surface area contributed by atoms with Crippen molar-refractivity contribution in [1.29, 1.82) is 0 Å². The summed E-state index contributed by atoms with van der Waals surface area (Å²) < 4.78 is 52.0. The van der Waals surface area contributed by atoms with Crippen LogP contribution in [-0.2, 0) is 34.2 Å². The topological polar surface area (TPSA) is 140 Å². The number of hydrogen-bond donors (Lipinski definition) is 0. The van der Waals surface area contributed by atoms with Crippen LogP contribution in [0.4, 0.5) is 0 Å². The van der Waals surface area contributed by atoms with E-state index in [0.717, 1.165) is 6.04 Å². The lowest BCUT2D eigenvalue weighted by Crippen LogP contribution is -2.67. The van der Waals surface area contributed by atoms with Gasteiger partial charge < -0.3 is 37.3 Å². The van der Waals surface area contributed by atoms with E-state index in [1.807, 2.05) is 19.9 Å². The number of nitrogens with zero attached hydrogens (tertiary/aromatic N) is 3. The third kappa shape index (κ3) is 16.1. The molecule has 0 radical (unpaired) electrons. The van der Waals surface area contributed by atoms with Crippen molar-refractivity contribution in [1.82, 2.24) is 0 Å². The SMILES string of the molecule is COCOc1ccc(OCCCN=[N+]=[N-])c(CCC[C@@H]2OC(C)(C)O[C@@H]2C(/C=C\[C@@H](C)[C@@H](C)O[Si](c2ccccc2)(c2ccccc2)C(C)(C)C)O[Si](C)(C)C(C)(C)C)c1C(=O)OCC[Si](C)(C)C. The van der Waals surface area contributed by atoms with Gasteiger partial charge in [-0.2, -0.15) is 0 Å². The minimum absolute atomic E-state index is 0.0209. The average molecular weight is 1000 g/mol. The van der Waals surface area contributed by atoms with Gasteiger partial charge in [0.25, 0.3) is 8.32 Å². The van der Waals surface area contributed by atoms with E-state index < -0.39 is 48.7 Å². The predicted molar refractivity (Wildman–Crippen MR) is 287 cm³/mol. The highest BCUT2D eigenvalue weighted by Gasteiger charge is 2.52. The zero-order chi connectivity index (χ0) is 51.3. The van der Waals surface area contributed by atoms with Crippen molar-refractivity contribution in [3.05, 3.63) is 107 Å². The van der Waals surface area contributed by atoms with Crippen molar-refractivity contribution in [2.75, 3.05) is 33.7 Å². The fourth-order valence-corrected chi connectivity index (χ4v) is 15.2. The molecule has 5 atom stereocenters. The molecule has 1 aliphatic rings. The molecule has 3 aromatic rings. The summed E-state index contributed by atoms with van der Waals surface area (Å²) in [5, 5.41) is 5.93. The summed E-state index contributed by atoms with van der Waals surface area (Å²) in [6.45, 7) is 34.2. The van der Waals surface area contributed by atoms with Gasteiger partial charge in [-0.25, -0.2) is 4.79 Å². The van der Waals surface area contributed by atoms with Gasteiger partial charge in [-0.05, 0) is 110 Å².